The smallest absolute Gasteiger partial charge is 0.322 e. The lowest BCUT2D eigenvalue weighted by molar-refractivity contribution is 0.182. The summed E-state index contributed by atoms with van der Waals surface area (Å²) in [5, 5.41) is 6.69. The normalized spacial score (nSPS) is 15.9. The van der Waals surface area contributed by atoms with Gasteiger partial charge in [-0.2, -0.15) is 0 Å². The first-order chi connectivity index (χ1) is 13.8. The first kappa shape index (κ1) is 19.0. The molecule has 1 unspecified atom stereocenters. The van der Waals surface area contributed by atoms with Gasteiger partial charge in [-0.25, -0.2) is 18.0 Å². The number of carbonyl (C=O) groups is 1. The van der Waals surface area contributed by atoms with Crippen molar-refractivity contribution in [3.63, 3.8) is 0 Å². The molecule has 1 aliphatic rings. The van der Waals surface area contributed by atoms with E-state index >= 15 is 0 Å². The number of aryl methyl sites for hydroxylation is 1. The number of nitrogens with zero attached hydrogens (tertiary/aromatic N) is 2. The molecule has 0 aliphatic carbocycles. The highest BCUT2D eigenvalue weighted by Gasteiger charge is 2.32. The quantitative estimate of drug-likeness (QED) is 0.654. The monoisotopic (exact) mass is 401 g/mol. The molecule has 0 fully saturated rings. The van der Waals surface area contributed by atoms with Gasteiger partial charge in [-0.05, 0) is 37.6 Å². The Morgan fingerprint density at radius 2 is 2.03 bits per heavy atom. The van der Waals surface area contributed by atoms with Crippen molar-refractivity contribution in [1.29, 1.82) is 0 Å². The van der Waals surface area contributed by atoms with Crippen LogP contribution in [0.3, 0.4) is 0 Å². The van der Waals surface area contributed by atoms with Gasteiger partial charge in [0.2, 0.25) is 0 Å². The minimum atomic E-state index is -1.03. The third kappa shape index (κ3) is 3.57. The Morgan fingerprint density at radius 1 is 1.24 bits per heavy atom. The standard InChI is InChI=1S/C21H18F3N3O2/c1-11-6-15(9-17(23)19(11)24)25-21(28)27-10-16-18(7-12(27)2)26-29-20(16)13-4-3-5-14(22)8-13/h3-6,8-9,12H,7,10H2,1-2H3,(H,25,28). The van der Waals surface area contributed by atoms with Gasteiger partial charge in [0.05, 0.1) is 12.2 Å². The number of aromatic nitrogens is 1. The summed E-state index contributed by atoms with van der Waals surface area (Å²) in [4.78, 5) is 14.4. The van der Waals surface area contributed by atoms with E-state index in [0.29, 0.717) is 29.0 Å². The number of carbonyl (C=O) groups excluding carboxylic acids is 1. The summed E-state index contributed by atoms with van der Waals surface area (Å²) >= 11 is 0. The fraction of sp³-hybridized carbons (Fsp3) is 0.238. The summed E-state index contributed by atoms with van der Waals surface area (Å²) in [6, 6.07) is 7.60. The summed E-state index contributed by atoms with van der Waals surface area (Å²) in [5.41, 5.74) is 2.21. The van der Waals surface area contributed by atoms with Crippen molar-refractivity contribution in [2.45, 2.75) is 32.9 Å². The van der Waals surface area contributed by atoms with Crippen molar-refractivity contribution in [3.8, 4) is 11.3 Å². The number of fused-ring (bicyclic) bond motifs is 1. The molecule has 0 spiro atoms. The van der Waals surface area contributed by atoms with Crippen LogP contribution in [0.25, 0.3) is 11.3 Å². The molecule has 1 aromatic heterocycles. The molecular weight excluding hydrogens is 383 g/mol. The molecule has 0 saturated heterocycles. The maximum Gasteiger partial charge on any atom is 0.322 e. The third-order valence-electron chi connectivity index (χ3n) is 5.03. The number of amides is 2. The number of anilines is 1. The molecule has 0 radical (unpaired) electrons. The van der Waals surface area contributed by atoms with Crippen LogP contribution in [0.2, 0.25) is 0 Å². The first-order valence-electron chi connectivity index (χ1n) is 9.10. The van der Waals surface area contributed by atoms with Gasteiger partial charge in [0.25, 0.3) is 0 Å². The fourth-order valence-corrected chi connectivity index (χ4v) is 3.50. The Bertz CT molecular complexity index is 1070. The topological polar surface area (TPSA) is 58.4 Å². The van der Waals surface area contributed by atoms with Crippen molar-refractivity contribution in [2.75, 3.05) is 5.32 Å². The Hall–Kier alpha value is -3.29. The van der Waals surface area contributed by atoms with E-state index in [1.165, 1.54) is 25.1 Å². The summed E-state index contributed by atoms with van der Waals surface area (Å²) in [6.07, 6.45) is 0.457. The average Bonchev–Trinajstić information content (AvgIpc) is 3.08. The van der Waals surface area contributed by atoms with E-state index in [9.17, 15) is 18.0 Å². The summed E-state index contributed by atoms with van der Waals surface area (Å²) < 4.78 is 46.2. The van der Waals surface area contributed by atoms with Crippen LogP contribution in [-0.2, 0) is 13.0 Å². The van der Waals surface area contributed by atoms with Crippen molar-refractivity contribution >= 4 is 11.7 Å². The van der Waals surface area contributed by atoms with E-state index < -0.39 is 23.5 Å². The Morgan fingerprint density at radius 3 is 2.76 bits per heavy atom. The van der Waals surface area contributed by atoms with Crippen LogP contribution in [0.1, 0.15) is 23.7 Å². The van der Waals surface area contributed by atoms with E-state index in [1.54, 1.807) is 17.0 Å². The van der Waals surface area contributed by atoms with Crippen LogP contribution in [-0.4, -0.2) is 22.1 Å². The van der Waals surface area contributed by atoms with E-state index in [2.05, 4.69) is 10.5 Å². The predicted octanol–water partition coefficient (Wildman–Crippen LogP) is 5.05. The fourth-order valence-electron chi connectivity index (χ4n) is 3.50. The lowest BCUT2D eigenvalue weighted by atomic mass is 9.97. The number of hydrogen-bond donors (Lipinski definition) is 1. The van der Waals surface area contributed by atoms with Crippen LogP contribution in [0, 0.1) is 24.4 Å². The SMILES string of the molecule is Cc1cc(NC(=O)N2Cc3c(noc3-c3cccc(F)c3)CC2C)cc(F)c1F. The van der Waals surface area contributed by atoms with E-state index in [1.807, 2.05) is 6.92 Å². The largest absolute Gasteiger partial charge is 0.356 e. The van der Waals surface area contributed by atoms with Crippen molar-refractivity contribution in [3.05, 3.63) is 70.7 Å². The molecule has 1 aliphatic heterocycles. The van der Waals surface area contributed by atoms with E-state index in [4.69, 9.17) is 4.52 Å². The van der Waals surface area contributed by atoms with Crippen molar-refractivity contribution in [2.24, 2.45) is 0 Å². The lowest BCUT2D eigenvalue weighted by Gasteiger charge is -2.32. The van der Waals surface area contributed by atoms with Gasteiger partial charge in [-0.1, -0.05) is 17.3 Å². The minimum absolute atomic E-state index is 0.0988. The summed E-state index contributed by atoms with van der Waals surface area (Å²) in [6.45, 7) is 3.47. The van der Waals surface area contributed by atoms with Gasteiger partial charge in [0.15, 0.2) is 17.4 Å². The highest BCUT2D eigenvalue weighted by Crippen LogP contribution is 2.33. The zero-order chi connectivity index (χ0) is 20.7. The molecule has 5 nitrogen and oxygen atoms in total. The number of benzene rings is 2. The number of nitrogens with one attached hydrogen (secondary N) is 1. The van der Waals surface area contributed by atoms with Gasteiger partial charge >= 0.3 is 6.03 Å². The first-order valence-corrected chi connectivity index (χ1v) is 9.10. The van der Waals surface area contributed by atoms with E-state index in [-0.39, 0.29) is 23.8 Å². The summed E-state index contributed by atoms with van der Waals surface area (Å²) in [7, 11) is 0. The minimum Gasteiger partial charge on any atom is -0.356 e. The molecule has 8 heteroatoms. The molecule has 29 heavy (non-hydrogen) atoms. The highest BCUT2D eigenvalue weighted by atomic mass is 19.2. The molecule has 1 N–H and O–H groups in total. The molecular formula is C21H18F3N3O2. The maximum atomic E-state index is 13.6. The molecule has 2 heterocycles. The van der Waals surface area contributed by atoms with Crippen LogP contribution < -0.4 is 5.32 Å². The van der Waals surface area contributed by atoms with Crippen LogP contribution >= 0.6 is 0 Å². The predicted molar refractivity (Wildman–Crippen MR) is 101 cm³/mol. The van der Waals surface area contributed by atoms with Crippen molar-refractivity contribution < 1.29 is 22.5 Å². The van der Waals surface area contributed by atoms with Gasteiger partial charge in [0.1, 0.15) is 5.82 Å². The third-order valence-corrected chi connectivity index (χ3v) is 5.03. The summed E-state index contributed by atoms with van der Waals surface area (Å²) in [5.74, 6) is -1.96. The van der Waals surface area contributed by atoms with Crippen LogP contribution in [0.15, 0.2) is 40.9 Å². The molecule has 2 amide bonds. The van der Waals surface area contributed by atoms with Gasteiger partial charge in [0, 0.05) is 35.3 Å². The molecule has 0 saturated carbocycles. The second kappa shape index (κ2) is 7.27. The number of halogens is 3. The molecule has 2 aromatic carbocycles. The second-order valence-electron chi connectivity index (χ2n) is 7.15. The maximum absolute atomic E-state index is 13.6. The number of rotatable bonds is 2. The van der Waals surface area contributed by atoms with Gasteiger partial charge in [-0.3, -0.25) is 0 Å². The van der Waals surface area contributed by atoms with E-state index in [0.717, 1.165) is 6.07 Å². The molecule has 1 atom stereocenters. The van der Waals surface area contributed by atoms with Crippen molar-refractivity contribution in [1.82, 2.24) is 10.1 Å². The van der Waals surface area contributed by atoms with Crippen LogP contribution in [0.5, 0.6) is 0 Å². The average molecular weight is 401 g/mol. The zero-order valence-electron chi connectivity index (χ0n) is 15.8. The number of hydrogen-bond acceptors (Lipinski definition) is 3. The van der Waals surface area contributed by atoms with Gasteiger partial charge < -0.3 is 14.7 Å². The number of urea groups is 1. The molecule has 3 aromatic rings. The molecule has 0 bridgehead atoms. The molecule has 4 rings (SSSR count). The Labute approximate surface area is 165 Å². The lowest BCUT2D eigenvalue weighted by Crippen LogP contribution is -2.44. The molecule has 150 valence electrons. The van der Waals surface area contributed by atoms with Gasteiger partial charge in [-0.15, -0.1) is 0 Å². The second-order valence-corrected chi connectivity index (χ2v) is 7.15. The Kier molecular flexibility index (Phi) is 4.77. The zero-order valence-corrected chi connectivity index (χ0v) is 15.8. The Balaban J connectivity index is 1.60. The van der Waals surface area contributed by atoms with Crippen LogP contribution in [0.4, 0.5) is 23.7 Å². The highest BCUT2D eigenvalue weighted by molar-refractivity contribution is 5.90.